The van der Waals surface area contributed by atoms with E-state index in [-0.39, 0.29) is 22.9 Å². The number of nitriles is 1. The van der Waals surface area contributed by atoms with E-state index < -0.39 is 24.0 Å². The Balaban J connectivity index is 2.15. The van der Waals surface area contributed by atoms with Gasteiger partial charge in [-0.1, -0.05) is 31.1 Å². The molecule has 1 N–H and O–H groups in total. The van der Waals surface area contributed by atoms with Gasteiger partial charge in [0.2, 0.25) is 5.82 Å². The summed E-state index contributed by atoms with van der Waals surface area (Å²) < 4.78 is 41.4. The van der Waals surface area contributed by atoms with Crippen molar-refractivity contribution in [3.8, 4) is 17.5 Å². The number of rotatable bonds is 4. The number of nitrogens with zero attached hydrogens (tertiary/aromatic N) is 3. The van der Waals surface area contributed by atoms with Crippen LogP contribution in [0.15, 0.2) is 28.8 Å². The molecular weight excluding hydrogens is 325 g/mol. The number of nitrogens with one attached hydrogen (secondary N) is 1. The second kappa shape index (κ2) is 6.70. The summed E-state index contributed by atoms with van der Waals surface area (Å²) in [5, 5.41) is 14.8. The van der Waals surface area contributed by atoms with Crippen molar-refractivity contribution in [3.63, 3.8) is 0 Å². The highest BCUT2D eigenvalue weighted by Gasteiger charge is 2.38. The number of amides is 1. The fourth-order valence-electron chi connectivity index (χ4n) is 1.80. The molecule has 1 atom stereocenters. The van der Waals surface area contributed by atoms with Crippen LogP contribution in [-0.4, -0.2) is 22.1 Å². The highest BCUT2D eigenvalue weighted by atomic mass is 19.4. The van der Waals surface area contributed by atoms with Crippen molar-refractivity contribution in [2.45, 2.75) is 26.1 Å². The molecule has 2 rings (SSSR count). The lowest BCUT2D eigenvalue weighted by molar-refractivity contribution is -0.159. The number of hydrogen-bond donors (Lipinski definition) is 1. The average molecular weight is 338 g/mol. The van der Waals surface area contributed by atoms with Crippen LogP contribution in [0, 0.1) is 17.2 Å². The Hall–Kier alpha value is -2.89. The number of benzene rings is 1. The molecule has 24 heavy (non-hydrogen) atoms. The van der Waals surface area contributed by atoms with Crippen molar-refractivity contribution in [1.29, 1.82) is 5.26 Å². The number of alkyl halides is 3. The fraction of sp³-hybridized carbons (Fsp3) is 0.333. The lowest BCUT2D eigenvalue weighted by atomic mass is 10.0. The second-order valence-electron chi connectivity index (χ2n) is 5.32. The van der Waals surface area contributed by atoms with Crippen LogP contribution in [0.2, 0.25) is 0 Å². The van der Waals surface area contributed by atoms with Crippen molar-refractivity contribution in [3.05, 3.63) is 35.7 Å². The maximum atomic E-state index is 12.4. The molecule has 0 saturated carbocycles. The van der Waals surface area contributed by atoms with E-state index >= 15 is 0 Å². The maximum Gasteiger partial charge on any atom is 0.471 e. The summed E-state index contributed by atoms with van der Waals surface area (Å²) in [5.74, 6) is -2.18. The molecule has 9 heteroatoms. The van der Waals surface area contributed by atoms with E-state index in [4.69, 9.17) is 5.26 Å². The van der Waals surface area contributed by atoms with Gasteiger partial charge in [0.05, 0.1) is 6.07 Å². The maximum absolute atomic E-state index is 12.4. The standard InChI is InChI=1S/C15H13F3N4O2/c1-8(2)11(7-19)20-13(23)10-5-3-9(4-6-10)12-21-14(24-22-12)15(16,17)18/h3-6,8,11H,1-2H3,(H,20,23)/t11-/m1/s1. The zero-order chi connectivity index (χ0) is 17.9. The molecule has 0 aliphatic carbocycles. The first-order chi connectivity index (χ1) is 11.2. The lowest BCUT2D eigenvalue weighted by Gasteiger charge is -2.14. The van der Waals surface area contributed by atoms with Crippen molar-refractivity contribution in [1.82, 2.24) is 15.5 Å². The Morgan fingerprint density at radius 2 is 1.92 bits per heavy atom. The van der Waals surface area contributed by atoms with Crippen LogP contribution in [0.25, 0.3) is 11.4 Å². The molecule has 1 aromatic carbocycles. The van der Waals surface area contributed by atoms with Gasteiger partial charge in [-0.05, 0) is 18.1 Å². The van der Waals surface area contributed by atoms with Crippen molar-refractivity contribution in [2.24, 2.45) is 5.92 Å². The summed E-state index contributed by atoms with van der Waals surface area (Å²) in [6.45, 7) is 3.59. The smallest absolute Gasteiger partial charge is 0.336 e. The SMILES string of the molecule is CC(C)[C@@H](C#N)NC(=O)c1ccc(-c2noc(C(F)(F)F)n2)cc1. The molecule has 0 bridgehead atoms. The van der Waals surface area contributed by atoms with E-state index in [2.05, 4.69) is 20.0 Å². The van der Waals surface area contributed by atoms with Gasteiger partial charge in [-0.25, -0.2) is 0 Å². The predicted octanol–water partition coefficient (Wildman–Crippen LogP) is 3.03. The van der Waals surface area contributed by atoms with Crippen molar-refractivity contribution in [2.75, 3.05) is 0 Å². The molecule has 126 valence electrons. The molecule has 0 fully saturated rings. The third-order valence-corrected chi connectivity index (χ3v) is 3.17. The van der Waals surface area contributed by atoms with Crippen LogP contribution in [-0.2, 0) is 6.18 Å². The van der Waals surface area contributed by atoms with Gasteiger partial charge in [0, 0.05) is 11.1 Å². The van der Waals surface area contributed by atoms with E-state index in [1.807, 2.05) is 6.07 Å². The fourth-order valence-corrected chi connectivity index (χ4v) is 1.80. The molecule has 0 aliphatic rings. The minimum atomic E-state index is -4.71. The van der Waals surface area contributed by atoms with E-state index in [1.54, 1.807) is 13.8 Å². The van der Waals surface area contributed by atoms with Crippen LogP contribution in [0.1, 0.15) is 30.1 Å². The molecule has 0 spiro atoms. The topological polar surface area (TPSA) is 91.8 Å². The monoisotopic (exact) mass is 338 g/mol. The normalized spacial score (nSPS) is 12.7. The first kappa shape index (κ1) is 17.5. The Labute approximate surface area is 135 Å². The van der Waals surface area contributed by atoms with Gasteiger partial charge in [-0.2, -0.15) is 23.4 Å². The first-order valence-electron chi connectivity index (χ1n) is 6.94. The largest absolute Gasteiger partial charge is 0.471 e. The quantitative estimate of drug-likeness (QED) is 0.925. The molecular formula is C15H13F3N4O2. The third-order valence-electron chi connectivity index (χ3n) is 3.17. The third kappa shape index (κ3) is 3.90. The summed E-state index contributed by atoms with van der Waals surface area (Å²) >= 11 is 0. The Kier molecular flexibility index (Phi) is 4.87. The zero-order valence-corrected chi connectivity index (χ0v) is 12.8. The van der Waals surface area contributed by atoms with Crippen LogP contribution < -0.4 is 5.32 Å². The second-order valence-corrected chi connectivity index (χ2v) is 5.32. The van der Waals surface area contributed by atoms with E-state index in [0.717, 1.165) is 0 Å². The summed E-state index contributed by atoms with van der Waals surface area (Å²) in [5.41, 5.74) is 0.533. The summed E-state index contributed by atoms with van der Waals surface area (Å²) in [4.78, 5) is 15.3. The number of aromatic nitrogens is 2. The summed E-state index contributed by atoms with van der Waals surface area (Å²) in [6, 6.07) is 6.96. The van der Waals surface area contributed by atoms with Gasteiger partial charge < -0.3 is 9.84 Å². The van der Waals surface area contributed by atoms with Gasteiger partial charge in [0.15, 0.2) is 0 Å². The van der Waals surface area contributed by atoms with E-state index in [0.29, 0.717) is 0 Å². The average Bonchev–Trinajstić information content (AvgIpc) is 3.02. The van der Waals surface area contributed by atoms with Gasteiger partial charge in [0.1, 0.15) is 6.04 Å². The molecule has 0 radical (unpaired) electrons. The van der Waals surface area contributed by atoms with Crippen LogP contribution >= 0.6 is 0 Å². The van der Waals surface area contributed by atoms with Crippen molar-refractivity contribution >= 4 is 5.91 Å². The molecule has 1 aromatic heterocycles. The molecule has 2 aromatic rings. The Bertz CT molecular complexity index is 760. The molecule has 1 amide bonds. The predicted molar refractivity (Wildman–Crippen MR) is 76.4 cm³/mol. The first-order valence-corrected chi connectivity index (χ1v) is 6.94. The number of carbonyl (C=O) groups excluding carboxylic acids is 1. The summed E-state index contributed by atoms with van der Waals surface area (Å²) in [7, 11) is 0. The molecule has 6 nitrogen and oxygen atoms in total. The molecule has 0 aliphatic heterocycles. The Morgan fingerprint density at radius 1 is 1.29 bits per heavy atom. The highest BCUT2D eigenvalue weighted by Crippen LogP contribution is 2.29. The van der Waals surface area contributed by atoms with E-state index in [1.165, 1.54) is 24.3 Å². The lowest BCUT2D eigenvalue weighted by Crippen LogP contribution is -2.37. The number of carbonyl (C=O) groups is 1. The van der Waals surface area contributed by atoms with Crippen LogP contribution in [0.3, 0.4) is 0 Å². The van der Waals surface area contributed by atoms with E-state index in [9.17, 15) is 18.0 Å². The number of halogens is 3. The molecule has 1 heterocycles. The van der Waals surface area contributed by atoms with Gasteiger partial charge in [0.25, 0.3) is 5.91 Å². The van der Waals surface area contributed by atoms with Gasteiger partial charge in [-0.15, -0.1) is 0 Å². The minimum Gasteiger partial charge on any atom is -0.336 e. The Morgan fingerprint density at radius 3 is 2.38 bits per heavy atom. The van der Waals surface area contributed by atoms with Gasteiger partial charge >= 0.3 is 12.1 Å². The van der Waals surface area contributed by atoms with Crippen LogP contribution in [0.5, 0.6) is 0 Å². The molecule has 0 unspecified atom stereocenters. The number of hydrogen-bond acceptors (Lipinski definition) is 5. The highest BCUT2D eigenvalue weighted by molar-refractivity contribution is 5.95. The molecule has 0 saturated heterocycles. The van der Waals surface area contributed by atoms with Crippen molar-refractivity contribution < 1.29 is 22.5 Å². The summed E-state index contributed by atoms with van der Waals surface area (Å²) in [6.07, 6.45) is -4.71. The van der Waals surface area contributed by atoms with Gasteiger partial charge in [-0.3, -0.25) is 4.79 Å². The zero-order valence-electron chi connectivity index (χ0n) is 12.8. The van der Waals surface area contributed by atoms with Crippen LogP contribution in [0.4, 0.5) is 13.2 Å². The minimum absolute atomic E-state index is 0.0571.